The Morgan fingerprint density at radius 2 is 1.94 bits per heavy atom. The summed E-state index contributed by atoms with van der Waals surface area (Å²) >= 11 is 4.12. The van der Waals surface area contributed by atoms with Crippen LogP contribution >= 0.6 is 12.6 Å². The smallest absolute Gasteiger partial charge is 0.323 e. The molecule has 4 nitrogen and oxygen atoms in total. The Bertz CT molecular complexity index is 300. The van der Waals surface area contributed by atoms with E-state index in [2.05, 4.69) is 12.6 Å². The zero-order valence-corrected chi connectivity index (χ0v) is 11.4. The van der Waals surface area contributed by atoms with E-state index in [0.717, 1.165) is 25.7 Å². The summed E-state index contributed by atoms with van der Waals surface area (Å²) in [6, 6.07) is 0. The minimum absolute atomic E-state index is 0.0909. The molecular weight excluding hydrogens is 238 g/mol. The Labute approximate surface area is 108 Å². The number of thiol groups is 1. The van der Waals surface area contributed by atoms with E-state index in [-0.39, 0.29) is 23.9 Å². The molecule has 98 valence electrons. The average Bonchev–Trinajstić information content (AvgIpc) is 2.71. The summed E-state index contributed by atoms with van der Waals surface area (Å²) in [5, 5.41) is 8.95. The van der Waals surface area contributed by atoms with Gasteiger partial charge in [0, 0.05) is 17.2 Å². The molecule has 1 atom stereocenters. The molecule has 1 N–H and O–H groups in total. The number of rotatable bonds is 5. The lowest BCUT2D eigenvalue weighted by molar-refractivity contribution is -0.150. The van der Waals surface area contributed by atoms with E-state index in [1.54, 1.807) is 11.8 Å². The maximum Gasteiger partial charge on any atom is 0.323 e. The molecule has 1 unspecified atom stereocenters. The number of hydrogen-bond donors (Lipinski definition) is 2. The van der Waals surface area contributed by atoms with Crippen LogP contribution < -0.4 is 0 Å². The minimum atomic E-state index is -0.946. The highest BCUT2D eigenvalue weighted by molar-refractivity contribution is 7.80. The number of carboxylic acid groups (broad SMARTS) is 1. The fraction of sp³-hybridized carbons (Fsp3) is 0.833. The van der Waals surface area contributed by atoms with E-state index < -0.39 is 5.97 Å². The second kappa shape index (κ2) is 5.76. The van der Waals surface area contributed by atoms with Gasteiger partial charge in [0.15, 0.2) is 0 Å². The molecule has 0 radical (unpaired) electrons. The third-order valence-electron chi connectivity index (χ3n) is 3.59. The number of carbonyl (C=O) groups is 2. The standard InChI is InChI=1S/C12H21NO3S/c1-9(8-17)11(16)13(7-10(14)15)12(2)5-3-4-6-12/h9,17H,3-8H2,1-2H3,(H,14,15). The number of aliphatic carboxylic acids is 1. The van der Waals surface area contributed by atoms with Crippen molar-refractivity contribution in [1.82, 2.24) is 4.90 Å². The van der Waals surface area contributed by atoms with E-state index in [1.807, 2.05) is 6.92 Å². The molecule has 0 aromatic carbocycles. The Hall–Kier alpha value is -0.710. The summed E-state index contributed by atoms with van der Waals surface area (Å²) in [5.74, 6) is -0.815. The molecule has 0 aliphatic heterocycles. The molecule has 1 rings (SSSR count). The van der Waals surface area contributed by atoms with Crippen molar-refractivity contribution in [2.75, 3.05) is 12.3 Å². The highest BCUT2D eigenvalue weighted by Crippen LogP contribution is 2.35. The van der Waals surface area contributed by atoms with Crippen LogP contribution in [0.25, 0.3) is 0 Å². The van der Waals surface area contributed by atoms with Crippen molar-refractivity contribution in [3.05, 3.63) is 0 Å². The van der Waals surface area contributed by atoms with Gasteiger partial charge in [-0.15, -0.1) is 0 Å². The SMILES string of the molecule is CC(CS)C(=O)N(CC(=O)O)C1(C)CCCC1. The zero-order chi connectivity index (χ0) is 13.1. The average molecular weight is 259 g/mol. The van der Waals surface area contributed by atoms with Crippen LogP contribution in [0, 0.1) is 5.92 Å². The Balaban J connectivity index is 2.86. The summed E-state index contributed by atoms with van der Waals surface area (Å²) in [6.45, 7) is 3.59. The van der Waals surface area contributed by atoms with E-state index >= 15 is 0 Å². The van der Waals surface area contributed by atoms with Crippen molar-refractivity contribution in [3.63, 3.8) is 0 Å². The molecule has 1 aliphatic rings. The third-order valence-corrected chi connectivity index (χ3v) is 4.13. The van der Waals surface area contributed by atoms with Gasteiger partial charge in [-0.1, -0.05) is 19.8 Å². The molecule has 17 heavy (non-hydrogen) atoms. The second-order valence-electron chi connectivity index (χ2n) is 5.11. The number of nitrogens with zero attached hydrogens (tertiary/aromatic N) is 1. The van der Waals surface area contributed by atoms with E-state index in [4.69, 9.17) is 5.11 Å². The highest BCUT2D eigenvalue weighted by Gasteiger charge is 2.39. The van der Waals surface area contributed by atoms with Gasteiger partial charge in [-0.3, -0.25) is 9.59 Å². The monoisotopic (exact) mass is 259 g/mol. The van der Waals surface area contributed by atoms with Gasteiger partial charge < -0.3 is 10.0 Å². The molecule has 0 spiro atoms. The van der Waals surface area contributed by atoms with Gasteiger partial charge >= 0.3 is 5.97 Å². The Morgan fingerprint density at radius 3 is 2.35 bits per heavy atom. The molecule has 1 fully saturated rings. The van der Waals surface area contributed by atoms with E-state index in [0.29, 0.717) is 5.75 Å². The lowest BCUT2D eigenvalue weighted by Crippen LogP contribution is -2.52. The molecule has 5 heteroatoms. The highest BCUT2D eigenvalue weighted by atomic mass is 32.1. The van der Waals surface area contributed by atoms with Crippen molar-refractivity contribution >= 4 is 24.5 Å². The number of carbonyl (C=O) groups excluding carboxylic acids is 1. The molecule has 0 saturated heterocycles. The summed E-state index contributed by atoms with van der Waals surface area (Å²) in [7, 11) is 0. The lowest BCUT2D eigenvalue weighted by Gasteiger charge is -2.39. The molecule has 1 aliphatic carbocycles. The first-order chi connectivity index (χ1) is 7.90. The van der Waals surface area contributed by atoms with Crippen LogP contribution in [0.15, 0.2) is 0 Å². The summed E-state index contributed by atoms with van der Waals surface area (Å²) in [6.07, 6.45) is 3.92. The van der Waals surface area contributed by atoms with Crippen LogP contribution in [-0.4, -0.2) is 39.7 Å². The lowest BCUT2D eigenvalue weighted by atomic mass is 9.96. The maximum atomic E-state index is 12.2. The zero-order valence-electron chi connectivity index (χ0n) is 10.5. The summed E-state index contributed by atoms with van der Waals surface area (Å²) in [4.78, 5) is 24.7. The molecule has 1 amide bonds. The maximum absolute atomic E-state index is 12.2. The first-order valence-electron chi connectivity index (χ1n) is 6.05. The quantitative estimate of drug-likeness (QED) is 0.740. The number of hydrogen-bond acceptors (Lipinski definition) is 3. The van der Waals surface area contributed by atoms with Gasteiger partial charge in [0.2, 0.25) is 5.91 Å². The van der Waals surface area contributed by atoms with Gasteiger partial charge in [-0.25, -0.2) is 0 Å². The van der Waals surface area contributed by atoms with Crippen molar-refractivity contribution in [3.8, 4) is 0 Å². The minimum Gasteiger partial charge on any atom is -0.480 e. The Kier molecular flexibility index (Phi) is 4.86. The normalized spacial score (nSPS) is 19.9. The van der Waals surface area contributed by atoms with Gasteiger partial charge in [0.25, 0.3) is 0 Å². The van der Waals surface area contributed by atoms with E-state index in [1.165, 1.54) is 0 Å². The molecule has 0 aromatic rings. The van der Waals surface area contributed by atoms with Crippen LogP contribution in [0.2, 0.25) is 0 Å². The molecule has 0 heterocycles. The topological polar surface area (TPSA) is 57.6 Å². The van der Waals surface area contributed by atoms with Crippen LogP contribution in [0.5, 0.6) is 0 Å². The summed E-state index contributed by atoms with van der Waals surface area (Å²) in [5.41, 5.74) is -0.285. The summed E-state index contributed by atoms with van der Waals surface area (Å²) < 4.78 is 0. The fourth-order valence-corrected chi connectivity index (χ4v) is 2.58. The largest absolute Gasteiger partial charge is 0.480 e. The van der Waals surface area contributed by atoms with Gasteiger partial charge in [-0.05, 0) is 19.8 Å². The molecule has 1 saturated carbocycles. The first kappa shape index (κ1) is 14.4. The predicted molar refractivity (Wildman–Crippen MR) is 69.2 cm³/mol. The number of amides is 1. The van der Waals surface area contributed by atoms with Gasteiger partial charge in [0.1, 0.15) is 6.54 Å². The van der Waals surface area contributed by atoms with Crippen molar-refractivity contribution < 1.29 is 14.7 Å². The third kappa shape index (κ3) is 3.37. The van der Waals surface area contributed by atoms with Crippen molar-refractivity contribution in [1.29, 1.82) is 0 Å². The fourth-order valence-electron chi connectivity index (χ4n) is 2.42. The van der Waals surface area contributed by atoms with Gasteiger partial charge in [0.05, 0.1) is 0 Å². The van der Waals surface area contributed by atoms with Crippen LogP contribution in [0.4, 0.5) is 0 Å². The first-order valence-corrected chi connectivity index (χ1v) is 6.68. The van der Waals surface area contributed by atoms with Crippen LogP contribution in [0.3, 0.4) is 0 Å². The van der Waals surface area contributed by atoms with Crippen molar-refractivity contribution in [2.24, 2.45) is 5.92 Å². The van der Waals surface area contributed by atoms with Gasteiger partial charge in [-0.2, -0.15) is 12.6 Å². The molecular formula is C12H21NO3S. The van der Waals surface area contributed by atoms with Crippen LogP contribution in [-0.2, 0) is 9.59 Å². The number of carboxylic acids is 1. The molecule has 0 bridgehead atoms. The van der Waals surface area contributed by atoms with Crippen molar-refractivity contribution in [2.45, 2.75) is 45.1 Å². The Morgan fingerprint density at radius 1 is 1.41 bits per heavy atom. The van der Waals surface area contributed by atoms with E-state index in [9.17, 15) is 9.59 Å². The predicted octanol–water partition coefficient (Wildman–Crippen LogP) is 1.80. The molecule has 0 aromatic heterocycles. The second-order valence-corrected chi connectivity index (χ2v) is 5.47. The van der Waals surface area contributed by atoms with Crippen LogP contribution in [0.1, 0.15) is 39.5 Å².